The van der Waals surface area contributed by atoms with Gasteiger partial charge in [-0.05, 0) is 62.8 Å². The van der Waals surface area contributed by atoms with Crippen LogP contribution in [0.5, 0.6) is 0 Å². The highest BCUT2D eigenvalue weighted by Gasteiger charge is 2.48. The van der Waals surface area contributed by atoms with Gasteiger partial charge in [0.25, 0.3) is 0 Å². The molecule has 0 radical (unpaired) electrons. The first-order chi connectivity index (χ1) is 9.31. The number of urea groups is 1. The molecule has 2 amide bonds. The molecule has 1 aliphatic carbocycles. The first-order valence-electron chi connectivity index (χ1n) is 6.72. The van der Waals surface area contributed by atoms with Crippen molar-refractivity contribution in [1.82, 2.24) is 5.32 Å². The molecule has 108 valence electrons. The van der Waals surface area contributed by atoms with Crippen molar-refractivity contribution in [2.24, 2.45) is 5.92 Å². The Morgan fingerprint density at radius 2 is 1.75 bits per heavy atom. The number of amides is 2. The molecule has 3 N–H and O–H groups in total. The van der Waals surface area contributed by atoms with E-state index < -0.39 is 17.5 Å². The van der Waals surface area contributed by atoms with Crippen LogP contribution >= 0.6 is 0 Å². The molecule has 2 rings (SSSR count). The molecular weight excluding hydrogens is 256 g/mol. The first kappa shape index (κ1) is 14.4. The lowest BCUT2D eigenvalue weighted by Crippen LogP contribution is -2.55. The second-order valence-electron chi connectivity index (χ2n) is 5.74. The minimum absolute atomic E-state index is 0.0185. The summed E-state index contributed by atoms with van der Waals surface area (Å²) in [6, 6.07) is 5.23. The van der Waals surface area contributed by atoms with E-state index in [0.717, 1.165) is 24.0 Å². The zero-order chi connectivity index (χ0) is 14.9. The highest BCUT2D eigenvalue weighted by atomic mass is 16.4. The normalized spacial score (nSPS) is 17.1. The number of carboxylic acid groups (broad SMARTS) is 1. The van der Waals surface area contributed by atoms with Crippen LogP contribution in [-0.4, -0.2) is 22.6 Å². The Morgan fingerprint density at radius 1 is 1.20 bits per heavy atom. The molecule has 1 fully saturated rings. The van der Waals surface area contributed by atoms with Gasteiger partial charge in [-0.1, -0.05) is 6.07 Å². The lowest BCUT2D eigenvalue weighted by Gasteiger charge is -2.26. The fraction of sp³-hybridized carbons (Fsp3) is 0.467. The second kappa shape index (κ2) is 5.15. The molecule has 0 bridgehead atoms. The van der Waals surface area contributed by atoms with E-state index in [9.17, 15) is 14.7 Å². The van der Waals surface area contributed by atoms with Crippen molar-refractivity contribution in [2.75, 3.05) is 5.32 Å². The van der Waals surface area contributed by atoms with E-state index in [2.05, 4.69) is 10.6 Å². The summed E-state index contributed by atoms with van der Waals surface area (Å²) in [5.74, 6) is -0.972. The van der Waals surface area contributed by atoms with Crippen molar-refractivity contribution in [3.8, 4) is 0 Å². The summed E-state index contributed by atoms with van der Waals surface area (Å²) in [6.07, 6.45) is 1.68. The summed E-state index contributed by atoms with van der Waals surface area (Å²) < 4.78 is 0. The highest BCUT2D eigenvalue weighted by Crippen LogP contribution is 2.39. The van der Waals surface area contributed by atoms with Crippen molar-refractivity contribution in [1.29, 1.82) is 0 Å². The van der Waals surface area contributed by atoms with Gasteiger partial charge in [0.2, 0.25) is 0 Å². The maximum atomic E-state index is 12.0. The summed E-state index contributed by atoms with van der Waals surface area (Å²) in [5.41, 5.74) is 1.57. The van der Waals surface area contributed by atoms with E-state index in [1.807, 2.05) is 32.0 Å². The summed E-state index contributed by atoms with van der Waals surface area (Å²) in [5, 5.41) is 14.6. The Bertz CT molecular complexity index is 532. The zero-order valence-corrected chi connectivity index (χ0v) is 12.0. The Kier molecular flexibility index (Phi) is 3.70. The van der Waals surface area contributed by atoms with Crippen molar-refractivity contribution >= 4 is 17.7 Å². The average molecular weight is 276 g/mol. The van der Waals surface area contributed by atoms with Gasteiger partial charge in [-0.3, -0.25) is 0 Å². The standard InChI is InChI=1S/C15H20N2O3/c1-9-6-10(2)8-12(7-9)16-14(20)17-15(3,13(18)19)11-4-5-11/h6-8,11H,4-5H2,1-3H3,(H,18,19)(H2,16,17,20). The van der Waals surface area contributed by atoms with Gasteiger partial charge in [0.1, 0.15) is 5.54 Å². The molecule has 0 aliphatic heterocycles. The van der Waals surface area contributed by atoms with Gasteiger partial charge >= 0.3 is 12.0 Å². The molecule has 5 heteroatoms. The third-order valence-electron chi connectivity index (χ3n) is 3.69. The van der Waals surface area contributed by atoms with Crippen molar-refractivity contribution in [3.63, 3.8) is 0 Å². The largest absolute Gasteiger partial charge is 0.480 e. The van der Waals surface area contributed by atoms with Gasteiger partial charge in [-0.25, -0.2) is 9.59 Å². The molecule has 5 nitrogen and oxygen atoms in total. The number of aliphatic carboxylic acids is 1. The molecule has 1 unspecified atom stereocenters. The summed E-state index contributed by atoms with van der Waals surface area (Å²) in [6.45, 7) is 5.46. The fourth-order valence-corrected chi connectivity index (χ4v) is 2.44. The van der Waals surface area contributed by atoms with Gasteiger partial charge in [-0.2, -0.15) is 0 Å². The van der Waals surface area contributed by atoms with E-state index in [1.54, 1.807) is 6.92 Å². The monoisotopic (exact) mass is 276 g/mol. The topological polar surface area (TPSA) is 78.4 Å². The van der Waals surface area contributed by atoms with Crippen LogP contribution in [0.4, 0.5) is 10.5 Å². The fourth-order valence-electron chi connectivity index (χ4n) is 2.44. The van der Waals surface area contributed by atoms with Gasteiger partial charge in [-0.15, -0.1) is 0 Å². The Morgan fingerprint density at radius 3 is 2.20 bits per heavy atom. The number of nitrogens with one attached hydrogen (secondary N) is 2. The van der Waals surface area contributed by atoms with E-state index in [-0.39, 0.29) is 5.92 Å². The predicted octanol–water partition coefficient (Wildman–Crippen LogP) is 2.68. The van der Waals surface area contributed by atoms with Gasteiger partial charge in [0, 0.05) is 5.69 Å². The first-order valence-corrected chi connectivity index (χ1v) is 6.72. The van der Waals surface area contributed by atoms with Crippen LogP contribution in [-0.2, 0) is 4.79 Å². The Hall–Kier alpha value is -2.04. The quantitative estimate of drug-likeness (QED) is 0.791. The number of rotatable bonds is 4. The smallest absolute Gasteiger partial charge is 0.329 e. The van der Waals surface area contributed by atoms with E-state index in [0.29, 0.717) is 5.69 Å². The van der Waals surface area contributed by atoms with Crippen LogP contribution in [0.15, 0.2) is 18.2 Å². The number of hydrogen-bond acceptors (Lipinski definition) is 2. The summed E-state index contributed by atoms with van der Waals surface area (Å²) in [4.78, 5) is 23.4. The van der Waals surface area contributed by atoms with E-state index in [4.69, 9.17) is 0 Å². The van der Waals surface area contributed by atoms with Crippen LogP contribution < -0.4 is 10.6 Å². The maximum absolute atomic E-state index is 12.0. The summed E-state index contributed by atoms with van der Waals surface area (Å²) in [7, 11) is 0. The highest BCUT2D eigenvalue weighted by molar-refractivity contribution is 5.94. The predicted molar refractivity (Wildman–Crippen MR) is 76.8 cm³/mol. The number of aryl methyl sites for hydroxylation is 2. The van der Waals surface area contributed by atoms with Gasteiger partial charge in [0.05, 0.1) is 0 Å². The van der Waals surface area contributed by atoms with Crippen LogP contribution in [0.3, 0.4) is 0 Å². The third-order valence-corrected chi connectivity index (χ3v) is 3.69. The molecule has 1 saturated carbocycles. The number of carboxylic acids is 1. The Labute approximate surface area is 118 Å². The number of carbonyl (C=O) groups excluding carboxylic acids is 1. The molecule has 1 aromatic carbocycles. The van der Waals surface area contributed by atoms with Gasteiger partial charge in [0.15, 0.2) is 0 Å². The van der Waals surface area contributed by atoms with Crippen molar-refractivity contribution in [3.05, 3.63) is 29.3 Å². The molecule has 1 aliphatic rings. The van der Waals surface area contributed by atoms with Crippen molar-refractivity contribution < 1.29 is 14.7 Å². The van der Waals surface area contributed by atoms with Crippen LogP contribution in [0.25, 0.3) is 0 Å². The van der Waals surface area contributed by atoms with E-state index >= 15 is 0 Å². The maximum Gasteiger partial charge on any atom is 0.329 e. The lowest BCUT2D eigenvalue weighted by atomic mass is 9.96. The average Bonchev–Trinajstić information content (AvgIpc) is 3.10. The third kappa shape index (κ3) is 3.10. The molecular formula is C15H20N2O3. The number of carbonyl (C=O) groups is 2. The minimum Gasteiger partial charge on any atom is -0.480 e. The molecule has 0 heterocycles. The molecule has 0 aromatic heterocycles. The summed E-state index contributed by atoms with van der Waals surface area (Å²) >= 11 is 0. The van der Waals surface area contributed by atoms with E-state index in [1.165, 1.54) is 0 Å². The van der Waals surface area contributed by atoms with Crippen LogP contribution in [0.2, 0.25) is 0 Å². The number of anilines is 1. The van der Waals surface area contributed by atoms with Crippen molar-refractivity contribution in [2.45, 2.75) is 39.2 Å². The number of benzene rings is 1. The van der Waals surface area contributed by atoms with Gasteiger partial charge < -0.3 is 15.7 Å². The Balaban J connectivity index is 2.06. The van der Waals surface area contributed by atoms with Crippen LogP contribution in [0, 0.1) is 19.8 Å². The van der Waals surface area contributed by atoms with Crippen LogP contribution in [0.1, 0.15) is 30.9 Å². The lowest BCUT2D eigenvalue weighted by molar-refractivity contribution is -0.144. The SMILES string of the molecule is Cc1cc(C)cc(NC(=O)NC(C)(C(=O)O)C2CC2)c1. The minimum atomic E-state index is -1.19. The molecule has 1 aromatic rings. The molecule has 20 heavy (non-hydrogen) atoms. The molecule has 0 saturated heterocycles. The number of hydrogen-bond donors (Lipinski definition) is 3. The zero-order valence-electron chi connectivity index (χ0n) is 12.0. The second-order valence-corrected chi connectivity index (χ2v) is 5.74. The molecule has 0 spiro atoms. The molecule has 1 atom stereocenters.